The number of hydrogen-bond donors (Lipinski definition) is 1. The predicted molar refractivity (Wildman–Crippen MR) is 85.5 cm³/mol. The predicted octanol–water partition coefficient (Wildman–Crippen LogP) is 1.66. The van der Waals surface area contributed by atoms with Crippen molar-refractivity contribution >= 4 is 25.8 Å². The molecule has 20 heavy (non-hydrogen) atoms. The summed E-state index contributed by atoms with van der Waals surface area (Å²) >= 11 is 3.47. The molecule has 0 spiro atoms. The molecule has 0 aliphatic carbocycles. The van der Waals surface area contributed by atoms with Crippen molar-refractivity contribution < 1.29 is 8.42 Å². The van der Waals surface area contributed by atoms with Gasteiger partial charge < -0.3 is 10.2 Å². The van der Waals surface area contributed by atoms with Crippen LogP contribution in [0.25, 0.3) is 0 Å². The van der Waals surface area contributed by atoms with Crippen LogP contribution in [-0.4, -0.2) is 51.0 Å². The average molecular weight is 361 g/mol. The van der Waals surface area contributed by atoms with Crippen LogP contribution in [0, 0.1) is 0 Å². The van der Waals surface area contributed by atoms with Gasteiger partial charge in [0.1, 0.15) is 0 Å². The highest BCUT2D eigenvalue weighted by Gasteiger charge is 2.23. The van der Waals surface area contributed by atoms with Gasteiger partial charge in [-0.15, -0.1) is 0 Å². The molecule has 1 aromatic rings. The highest BCUT2D eigenvalue weighted by Crippen LogP contribution is 2.13. The van der Waals surface area contributed by atoms with Crippen molar-refractivity contribution in [1.29, 1.82) is 0 Å². The van der Waals surface area contributed by atoms with Crippen molar-refractivity contribution in [1.82, 2.24) is 10.2 Å². The Morgan fingerprint density at radius 1 is 1.45 bits per heavy atom. The Morgan fingerprint density at radius 3 is 2.95 bits per heavy atom. The summed E-state index contributed by atoms with van der Waals surface area (Å²) in [6.45, 7) is 2.35. The van der Waals surface area contributed by atoms with Crippen molar-refractivity contribution in [2.24, 2.45) is 0 Å². The monoisotopic (exact) mass is 360 g/mol. The number of halogens is 1. The zero-order valence-corrected chi connectivity index (χ0v) is 14.1. The molecule has 1 aliphatic heterocycles. The van der Waals surface area contributed by atoms with Crippen LogP contribution in [0.3, 0.4) is 0 Å². The molecule has 2 rings (SSSR count). The van der Waals surface area contributed by atoms with Crippen LogP contribution < -0.4 is 5.32 Å². The van der Waals surface area contributed by atoms with Crippen LogP contribution in [0.2, 0.25) is 0 Å². The van der Waals surface area contributed by atoms with Crippen molar-refractivity contribution in [3.8, 4) is 0 Å². The van der Waals surface area contributed by atoms with E-state index in [9.17, 15) is 8.42 Å². The maximum Gasteiger partial charge on any atom is 0.153 e. The SMILES string of the molecule is CN(CCC1CS(=O)(=O)CCN1)Cc1cccc(Br)c1. The highest BCUT2D eigenvalue weighted by molar-refractivity contribution is 9.10. The molecule has 1 fully saturated rings. The fraction of sp³-hybridized carbons (Fsp3) is 0.571. The lowest BCUT2D eigenvalue weighted by Gasteiger charge is -2.26. The lowest BCUT2D eigenvalue weighted by molar-refractivity contribution is 0.303. The van der Waals surface area contributed by atoms with E-state index in [1.807, 2.05) is 12.1 Å². The molecule has 1 heterocycles. The molecule has 4 nitrogen and oxygen atoms in total. The Kier molecular flexibility index (Phi) is 5.60. The third kappa shape index (κ3) is 5.16. The molecule has 0 amide bonds. The average Bonchev–Trinajstić information content (AvgIpc) is 2.35. The van der Waals surface area contributed by atoms with E-state index < -0.39 is 9.84 Å². The second-order valence-corrected chi connectivity index (χ2v) is 8.57. The number of benzene rings is 1. The van der Waals surface area contributed by atoms with Gasteiger partial charge in [-0.25, -0.2) is 8.42 Å². The minimum absolute atomic E-state index is 0.0960. The van der Waals surface area contributed by atoms with Crippen molar-refractivity contribution in [2.75, 3.05) is 31.6 Å². The number of rotatable bonds is 5. The molecule has 1 aromatic carbocycles. The molecule has 1 saturated heterocycles. The van der Waals surface area contributed by atoms with E-state index in [0.717, 1.165) is 24.0 Å². The number of hydrogen-bond acceptors (Lipinski definition) is 4. The molecule has 112 valence electrons. The van der Waals surface area contributed by atoms with Crippen LogP contribution in [0.5, 0.6) is 0 Å². The lowest BCUT2D eigenvalue weighted by atomic mass is 10.2. The molecule has 0 radical (unpaired) electrons. The first-order valence-electron chi connectivity index (χ1n) is 6.81. The Balaban J connectivity index is 1.79. The standard InChI is InChI=1S/C14H21BrN2O2S/c1-17(10-12-3-2-4-13(15)9-12)7-5-14-11-20(18,19)8-6-16-14/h2-4,9,14,16H,5-8,10-11H2,1H3. The summed E-state index contributed by atoms with van der Waals surface area (Å²) in [4.78, 5) is 2.23. The van der Waals surface area contributed by atoms with Gasteiger partial charge in [0.2, 0.25) is 0 Å². The van der Waals surface area contributed by atoms with Gasteiger partial charge in [-0.05, 0) is 37.7 Å². The molecule has 1 atom stereocenters. The third-order valence-corrected chi connectivity index (χ3v) is 5.73. The Bertz CT molecular complexity index is 548. The van der Waals surface area contributed by atoms with Gasteiger partial charge in [-0.2, -0.15) is 0 Å². The number of nitrogens with zero attached hydrogens (tertiary/aromatic N) is 1. The van der Waals surface area contributed by atoms with Crippen molar-refractivity contribution in [2.45, 2.75) is 19.0 Å². The summed E-state index contributed by atoms with van der Waals surface area (Å²) in [6, 6.07) is 8.35. The van der Waals surface area contributed by atoms with Gasteiger partial charge in [-0.3, -0.25) is 0 Å². The molecule has 1 aliphatic rings. The first kappa shape index (κ1) is 15.9. The van der Waals surface area contributed by atoms with Crippen LogP contribution in [0.4, 0.5) is 0 Å². The summed E-state index contributed by atoms with van der Waals surface area (Å²) < 4.78 is 24.2. The maximum atomic E-state index is 11.6. The maximum absolute atomic E-state index is 11.6. The van der Waals surface area contributed by atoms with E-state index in [2.05, 4.69) is 45.3 Å². The van der Waals surface area contributed by atoms with Gasteiger partial charge in [0.15, 0.2) is 9.84 Å². The fourth-order valence-corrected chi connectivity index (χ4v) is 4.39. The molecule has 0 aromatic heterocycles. The Labute approximate surface area is 129 Å². The fourth-order valence-electron chi connectivity index (χ4n) is 2.46. The Morgan fingerprint density at radius 2 is 2.25 bits per heavy atom. The zero-order valence-electron chi connectivity index (χ0n) is 11.7. The molecule has 0 saturated carbocycles. The number of sulfone groups is 1. The number of nitrogens with one attached hydrogen (secondary N) is 1. The molecule has 6 heteroatoms. The van der Waals surface area contributed by atoms with Crippen LogP contribution in [0.15, 0.2) is 28.7 Å². The molecule has 0 bridgehead atoms. The van der Waals surface area contributed by atoms with Gasteiger partial charge >= 0.3 is 0 Å². The first-order chi connectivity index (χ1) is 9.44. The van der Waals surface area contributed by atoms with E-state index in [-0.39, 0.29) is 17.5 Å². The summed E-state index contributed by atoms with van der Waals surface area (Å²) in [5, 5.41) is 3.29. The molecule has 1 N–H and O–H groups in total. The van der Waals surface area contributed by atoms with Gasteiger partial charge in [0.25, 0.3) is 0 Å². The third-order valence-electron chi connectivity index (χ3n) is 3.50. The largest absolute Gasteiger partial charge is 0.312 e. The highest BCUT2D eigenvalue weighted by atomic mass is 79.9. The molecular weight excluding hydrogens is 340 g/mol. The summed E-state index contributed by atoms with van der Waals surface area (Å²) in [6.07, 6.45) is 0.865. The van der Waals surface area contributed by atoms with E-state index in [0.29, 0.717) is 6.54 Å². The quantitative estimate of drug-likeness (QED) is 0.867. The normalized spacial score (nSPS) is 22.1. The van der Waals surface area contributed by atoms with Crippen LogP contribution in [0.1, 0.15) is 12.0 Å². The summed E-state index contributed by atoms with van der Waals surface area (Å²) in [5.41, 5.74) is 1.26. The smallest absolute Gasteiger partial charge is 0.153 e. The van der Waals surface area contributed by atoms with Crippen molar-refractivity contribution in [3.63, 3.8) is 0 Å². The first-order valence-corrected chi connectivity index (χ1v) is 9.43. The minimum atomic E-state index is -2.83. The van der Waals surface area contributed by atoms with Gasteiger partial charge in [0.05, 0.1) is 11.5 Å². The second-order valence-electron chi connectivity index (χ2n) is 5.42. The summed E-state index contributed by atoms with van der Waals surface area (Å²) in [7, 11) is -0.764. The Hall–Kier alpha value is -0.430. The van der Waals surface area contributed by atoms with Crippen LogP contribution in [-0.2, 0) is 16.4 Å². The van der Waals surface area contributed by atoms with Gasteiger partial charge in [0, 0.05) is 23.6 Å². The topological polar surface area (TPSA) is 49.4 Å². The van der Waals surface area contributed by atoms with Crippen LogP contribution >= 0.6 is 15.9 Å². The van der Waals surface area contributed by atoms with E-state index in [1.54, 1.807) is 0 Å². The lowest BCUT2D eigenvalue weighted by Crippen LogP contribution is -2.46. The second kappa shape index (κ2) is 7.02. The van der Waals surface area contributed by atoms with E-state index >= 15 is 0 Å². The minimum Gasteiger partial charge on any atom is -0.312 e. The summed E-state index contributed by atoms with van der Waals surface area (Å²) in [5.74, 6) is 0.551. The van der Waals surface area contributed by atoms with E-state index in [4.69, 9.17) is 0 Å². The van der Waals surface area contributed by atoms with Gasteiger partial charge in [-0.1, -0.05) is 28.1 Å². The van der Waals surface area contributed by atoms with Crippen molar-refractivity contribution in [3.05, 3.63) is 34.3 Å². The molecule has 1 unspecified atom stereocenters. The van der Waals surface area contributed by atoms with E-state index in [1.165, 1.54) is 5.56 Å². The zero-order chi connectivity index (χ0) is 14.6. The molecular formula is C14H21BrN2O2S.